The van der Waals surface area contributed by atoms with Crippen LogP contribution in [0.5, 0.6) is 0 Å². The lowest BCUT2D eigenvalue weighted by atomic mass is 10.1. The predicted octanol–water partition coefficient (Wildman–Crippen LogP) is 5.11. The summed E-state index contributed by atoms with van der Waals surface area (Å²) in [4.78, 5) is 6.74. The van der Waals surface area contributed by atoms with Gasteiger partial charge in [0.25, 0.3) is 5.78 Å². The first kappa shape index (κ1) is 18.6. The number of furan rings is 1. The summed E-state index contributed by atoms with van der Waals surface area (Å²) in [6.45, 7) is 0.441. The highest BCUT2D eigenvalue weighted by Gasteiger charge is 2.17. The summed E-state index contributed by atoms with van der Waals surface area (Å²) >= 11 is 6.23. The summed E-state index contributed by atoms with van der Waals surface area (Å²) < 4.78 is 12.8. The molecule has 3 heterocycles. The molecule has 0 bridgehead atoms. The van der Waals surface area contributed by atoms with E-state index in [0.717, 1.165) is 39.5 Å². The minimum atomic E-state index is 0.287. The molecule has 0 saturated carbocycles. The zero-order valence-corrected chi connectivity index (χ0v) is 17.2. The van der Waals surface area contributed by atoms with Crippen molar-refractivity contribution in [2.45, 2.75) is 6.61 Å². The molecule has 5 aromatic rings. The number of halogens is 1. The molecule has 0 amide bonds. The lowest BCUT2D eigenvalue weighted by Crippen LogP contribution is -2.13. The van der Waals surface area contributed by atoms with Crippen LogP contribution in [0.15, 0.2) is 65.1 Å². The number of aromatic nitrogens is 4. The maximum Gasteiger partial charge on any atom is 0.258 e. The van der Waals surface area contributed by atoms with E-state index in [1.165, 1.54) is 0 Å². The van der Waals surface area contributed by atoms with E-state index in [-0.39, 0.29) is 5.28 Å². The molecule has 0 atom stereocenters. The van der Waals surface area contributed by atoms with E-state index in [1.807, 2.05) is 66.5 Å². The Labute approximate surface area is 177 Å². The Morgan fingerprint density at radius 1 is 1.07 bits per heavy atom. The monoisotopic (exact) mass is 419 g/mol. The van der Waals surface area contributed by atoms with Gasteiger partial charge in [-0.3, -0.25) is 0 Å². The van der Waals surface area contributed by atoms with E-state index in [4.69, 9.17) is 25.7 Å². The van der Waals surface area contributed by atoms with Crippen LogP contribution in [0.2, 0.25) is 5.28 Å². The lowest BCUT2D eigenvalue weighted by Gasteiger charge is -2.21. The predicted molar refractivity (Wildman–Crippen MR) is 116 cm³/mol. The first-order valence-electron chi connectivity index (χ1n) is 9.37. The second-order valence-corrected chi connectivity index (χ2v) is 7.20. The number of fused-ring (bicyclic) bond motifs is 3. The number of hydrogen-bond donors (Lipinski definition) is 0. The van der Waals surface area contributed by atoms with Gasteiger partial charge < -0.3 is 14.1 Å². The maximum atomic E-state index is 6.23. The van der Waals surface area contributed by atoms with Crippen molar-refractivity contribution in [2.75, 3.05) is 19.1 Å². The number of methoxy groups -OCH3 is 1. The van der Waals surface area contributed by atoms with Gasteiger partial charge in [0.2, 0.25) is 5.28 Å². The van der Waals surface area contributed by atoms with Crippen molar-refractivity contribution in [1.82, 2.24) is 19.6 Å². The topological polar surface area (TPSA) is 68.7 Å². The van der Waals surface area contributed by atoms with Gasteiger partial charge in [-0.25, -0.2) is 4.40 Å². The van der Waals surface area contributed by atoms with E-state index >= 15 is 0 Å². The van der Waals surface area contributed by atoms with Crippen LogP contribution in [0, 0.1) is 0 Å². The van der Waals surface area contributed by atoms with Crippen LogP contribution in [-0.2, 0) is 11.3 Å². The van der Waals surface area contributed by atoms with Gasteiger partial charge >= 0.3 is 0 Å². The third-order valence-corrected chi connectivity index (χ3v) is 5.23. The van der Waals surface area contributed by atoms with Crippen molar-refractivity contribution in [1.29, 1.82) is 0 Å². The zero-order chi connectivity index (χ0) is 20.7. The lowest BCUT2D eigenvalue weighted by molar-refractivity contribution is 0.165. The molecule has 0 unspecified atom stereocenters. The Morgan fingerprint density at radius 3 is 2.80 bits per heavy atom. The fourth-order valence-corrected chi connectivity index (χ4v) is 3.75. The molecule has 5 rings (SSSR count). The third-order valence-electron chi connectivity index (χ3n) is 4.98. The number of anilines is 2. The molecule has 0 aliphatic carbocycles. The number of para-hydroxylation sites is 1. The zero-order valence-electron chi connectivity index (χ0n) is 16.4. The molecule has 7 nitrogen and oxygen atoms in total. The molecule has 8 heteroatoms. The summed E-state index contributed by atoms with van der Waals surface area (Å²) in [5.41, 5.74) is 2.83. The first-order valence-corrected chi connectivity index (χ1v) is 9.74. The van der Waals surface area contributed by atoms with Crippen LogP contribution in [0.3, 0.4) is 0 Å². The van der Waals surface area contributed by atoms with E-state index in [2.05, 4.69) is 16.3 Å². The van der Waals surface area contributed by atoms with Gasteiger partial charge in [0.05, 0.1) is 5.52 Å². The SMILES string of the molecule is COCc1ccc(-c2cccc(N(C)c3nc4nnc(Cl)n4c4ccccc34)c2)o1. The Balaban J connectivity index is 1.60. The fourth-order valence-electron chi connectivity index (χ4n) is 3.55. The second-order valence-electron chi connectivity index (χ2n) is 6.87. The Bertz CT molecular complexity index is 1360. The molecular formula is C22H18ClN5O2. The van der Waals surface area contributed by atoms with Gasteiger partial charge in [-0.2, -0.15) is 4.98 Å². The molecule has 150 valence electrons. The Hall–Kier alpha value is -3.42. The summed E-state index contributed by atoms with van der Waals surface area (Å²) in [6.07, 6.45) is 0. The summed E-state index contributed by atoms with van der Waals surface area (Å²) in [5, 5.41) is 9.30. The molecule has 3 aromatic heterocycles. The molecule has 2 aromatic carbocycles. The smallest absolute Gasteiger partial charge is 0.258 e. The molecule has 0 aliphatic rings. The molecule has 0 spiro atoms. The van der Waals surface area contributed by atoms with Gasteiger partial charge in [0.1, 0.15) is 23.9 Å². The minimum absolute atomic E-state index is 0.287. The molecule has 0 radical (unpaired) electrons. The fraction of sp³-hybridized carbons (Fsp3) is 0.136. The number of benzene rings is 2. The van der Waals surface area contributed by atoms with E-state index in [1.54, 1.807) is 11.5 Å². The summed E-state index contributed by atoms with van der Waals surface area (Å²) in [5.74, 6) is 2.79. The second kappa shape index (κ2) is 7.44. The third kappa shape index (κ3) is 3.08. The van der Waals surface area contributed by atoms with Gasteiger partial charge in [-0.15, -0.1) is 10.2 Å². The van der Waals surface area contributed by atoms with Crippen LogP contribution in [0.25, 0.3) is 28.0 Å². The van der Waals surface area contributed by atoms with Gasteiger partial charge in [-0.05, 0) is 48.0 Å². The number of nitrogens with zero attached hydrogens (tertiary/aromatic N) is 5. The van der Waals surface area contributed by atoms with Gasteiger partial charge in [0.15, 0.2) is 0 Å². The van der Waals surface area contributed by atoms with E-state index in [0.29, 0.717) is 12.4 Å². The van der Waals surface area contributed by atoms with Gasteiger partial charge in [-0.1, -0.05) is 24.3 Å². The van der Waals surface area contributed by atoms with Crippen LogP contribution in [-0.4, -0.2) is 33.7 Å². The largest absolute Gasteiger partial charge is 0.459 e. The van der Waals surface area contributed by atoms with E-state index < -0.39 is 0 Å². The normalized spacial score (nSPS) is 11.4. The summed E-state index contributed by atoms with van der Waals surface area (Å²) in [6, 6.07) is 19.9. The average molecular weight is 420 g/mol. The van der Waals surface area contributed by atoms with E-state index in [9.17, 15) is 0 Å². The summed E-state index contributed by atoms with van der Waals surface area (Å²) in [7, 11) is 3.62. The molecule has 0 N–H and O–H groups in total. The van der Waals surface area contributed by atoms with Crippen molar-refractivity contribution >= 4 is 39.8 Å². The average Bonchev–Trinajstić information content (AvgIpc) is 3.40. The first-order chi connectivity index (χ1) is 14.7. The van der Waals surface area contributed by atoms with Crippen LogP contribution >= 0.6 is 11.6 Å². The number of ether oxygens (including phenoxy) is 1. The van der Waals surface area contributed by atoms with Crippen molar-refractivity contribution in [3.05, 3.63) is 71.7 Å². The van der Waals surface area contributed by atoms with Crippen LogP contribution in [0.4, 0.5) is 11.5 Å². The van der Waals surface area contributed by atoms with Crippen molar-refractivity contribution in [3.8, 4) is 11.3 Å². The number of rotatable bonds is 5. The maximum absolute atomic E-state index is 6.23. The Kier molecular flexibility index (Phi) is 4.61. The van der Waals surface area contributed by atoms with Crippen molar-refractivity contribution in [2.24, 2.45) is 0 Å². The van der Waals surface area contributed by atoms with Gasteiger partial charge in [0, 0.05) is 30.8 Å². The van der Waals surface area contributed by atoms with Crippen LogP contribution < -0.4 is 4.90 Å². The van der Waals surface area contributed by atoms with Crippen LogP contribution in [0.1, 0.15) is 5.76 Å². The molecule has 0 fully saturated rings. The quantitative estimate of drug-likeness (QED) is 0.394. The standard InChI is InChI=1S/C22H18ClN5O2/c1-27(15-7-5-6-14(12-15)19-11-10-16(30-19)13-29-2)20-17-8-3-4-9-18(17)28-21(23)25-26-22(28)24-20/h3-12H,13H2,1-2H3. The molecule has 0 saturated heterocycles. The highest BCUT2D eigenvalue weighted by atomic mass is 35.5. The molecule has 30 heavy (non-hydrogen) atoms. The minimum Gasteiger partial charge on any atom is -0.459 e. The molecule has 0 aliphatic heterocycles. The van der Waals surface area contributed by atoms with Crippen molar-refractivity contribution in [3.63, 3.8) is 0 Å². The van der Waals surface area contributed by atoms with Crippen molar-refractivity contribution < 1.29 is 9.15 Å². The Morgan fingerprint density at radius 2 is 1.93 bits per heavy atom. The number of hydrogen-bond acceptors (Lipinski definition) is 6. The highest BCUT2D eigenvalue weighted by molar-refractivity contribution is 6.29. The highest BCUT2D eigenvalue weighted by Crippen LogP contribution is 2.33. The molecular weight excluding hydrogens is 402 g/mol.